The van der Waals surface area contributed by atoms with Crippen molar-refractivity contribution in [3.63, 3.8) is 0 Å². The topological polar surface area (TPSA) is 45.6 Å². The molecule has 0 amide bonds. The third-order valence-corrected chi connectivity index (χ3v) is 7.12. The average Bonchev–Trinajstić information content (AvgIpc) is 2.90. The second-order valence-corrected chi connectivity index (χ2v) is 9.08. The number of rotatable bonds is 2. The van der Waals surface area contributed by atoms with Crippen molar-refractivity contribution >= 4 is 16.5 Å². The minimum Gasteiger partial charge on any atom is -0.508 e. The van der Waals surface area contributed by atoms with Crippen molar-refractivity contribution in [3.05, 3.63) is 59.2 Å². The van der Waals surface area contributed by atoms with Gasteiger partial charge in [-0.2, -0.15) is 0 Å². The van der Waals surface area contributed by atoms with E-state index < -0.39 is 5.82 Å². The van der Waals surface area contributed by atoms with Crippen molar-refractivity contribution in [2.24, 2.45) is 0 Å². The van der Waals surface area contributed by atoms with E-state index in [0.717, 1.165) is 31.5 Å². The summed E-state index contributed by atoms with van der Waals surface area (Å²) in [7, 11) is 0. The van der Waals surface area contributed by atoms with E-state index in [1.807, 2.05) is 13.8 Å². The molecule has 2 aromatic carbocycles. The van der Waals surface area contributed by atoms with Gasteiger partial charge in [-0.05, 0) is 74.1 Å². The van der Waals surface area contributed by atoms with Crippen LogP contribution in [0, 0.1) is 18.6 Å². The Morgan fingerprint density at radius 2 is 2.03 bits per heavy atom. The standard InChI is InChI=1S/C27H28F2N2O2/c1-5-19-21(28)10-9-17-12-18(32)13-20(24(17)19)26-25(29)14(2)23-15(3)31-11-7-6-8-22(31)16(4)33-27(23)30-26/h9-10,12-13,16,22,32H,3,5-8,11H2,1-2,4H3/t16?,22-/m0/s1. The number of benzene rings is 2. The number of aromatic hydroxyl groups is 1. The fraction of sp³-hybridized carbons (Fsp3) is 0.370. The molecule has 1 unspecified atom stereocenters. The molecule has 0 aliphatic carbocycles. The number of aromatic nitrogens is 1. The van der Waals surface area contributed by atoms with Gasteiger partial charge in [0.25, 0.3) is 0 Å². The largest absolute Gasteiger partial charge is 0.508 e. The first-order valence-electron chi connectivity index (χ1n) is 11.6. The molecule has 0 bridgehead atoms. The third-order valence-electron chi connectivity index (χ3n) is 7.12. The molecule has 2 aliphatic rings. The van der Waals surface area contributed by atoms with E-state index >= 15 is 4.39 Å². The second kappa shape index (κ2) is 8.01. The molecule has 1 fully saturated rings. The zero-order valence-corrected chi connectivity index (χ0v) is 19.2. The van der Waals surface area contributed by atoms with Crippen LogP contribution >= 0.6 is 0 Å². The average molecular weight is 451 g/mol. The Kier molecular flexibility index (Phi) is 5.26. The highest BCUT2D eigenvalue weighted by Crippen LogP contribution is 2.43. The fourth-order valence-electron chi connectivity index (χ4n) is 5.47. The number of pyridine rings is 1. The maximum absolute atomic E-state index is 15.9. The number of nitrogens with zero attached hydrogens (tertiary/aromatic N) is 2. The van der Waals surface area contributed by atoms with Crippen molar-refractivity contribution in [3.8, 4) is 22.9 Å². The number of ether oxygens (including phenoxy) is 1. The van der Waals surface area contributed by atoms with Crippen LogP contribution in [0.1, 0.15) is 49.8 Å². The summed E-state index contributed by atoms with van der Waals surface area (Å²) in [6.45, 7) is 10.7. The first-order valence-corrected chi connectivity index (χ1v) is 11.6. The molecule has 6 heteroatoms. The molecule has 4 nitrogen and oxygen atoms in total. The van der Waals surface area contributed by atoms with Gasteiger partial charge in [-0.1, -0.05) is 19.6 Å². The summed E-state index contributed by atoms with van der Waals surface area (Å²) in [5.74, 6) is -0.573. The van der Waals surface area contributed by atoms with E-state index in [2.05, 4.69) is 16.5 Å². The Bertz CT molecular complexity index is 1290. The Morgan fingerprint density at radius 1 is 1.24 bits per heavy atom. The number of phenolic OH excluding ortho intramolecular Hbond substituents is 1. The Labute approximate surface area is 192 Å². The number of halogens is 2. The molecule has 1 N–H and O–H groups in total. The SMILES string of the molecule is C=C1c2c(nc(-c3cc(O)cc4ccc(F)c(CC)c34)c(F)c2C)OC(C)[C@@H]2CCCCN12. The van der Waals surface area contributed by atoms with Crippen molar-refractivity contribution in [2.45, 2.75) is 58.6 Å². The van der Waals surface area contributed by atoms with Gasteiger partial charge >= 0.3 is 0 Å². The van der Waals surface area contributed by atoms with Crippen LogP contribution in [0.2, 0.25) is 0 Å². The fourth-order valence-corrected chi connectivity index (χ4v) is 5.47. The summed E-state index contributed by atoms with van der Waals surface area (Å²) >= 11 is 0. The van der Waals surface area contributed by atoms with Crippen molar-refractivity contribution in [1.29, 1.82) is 0 Å². The minimum atomic E-state index is -0.514. The van der Waals surface area contributed by atoms with Crippen LogP contribution in [0.5, 0.6) is 11.6 Å². The highest BCUT2D eigenvalue weighted by atomic mass is 19.1. The molecule has 2 aliphatic heterocycles. The van der Waals surface area contributed by atoms with Crippen molar-refractivity contribution in [1.82, 2.24) is 9.88 Å². The molecular weight excluding hydrogens is 422 g/mol. The van der Waals surface area contributed by atoms with Crippen LogP contribution in [0.25, 0.3) is 27.7 Å². The number of piperidine rings is 1. The van der Waals surface area contributed by atoms with Crippen molar-refractivity contribution < 1.29 is 18.6 Å². The summed E-state index contributed by atoms with van der Waals surface area (Å²) in [6.07, 6.45) is 3.45. The zero-order chi connectivity index (χ0) is 23.4. The first-order chi connectivity index (χ1) is 15.8. The highest BCUT2D eigenvalue weighted by molar-refractivity contribution is 6.00. The molecule has 1 saturated heterocycles. The van der Waals surface area contributed by atoms with Crippen LogP contribution in [0.15, 0.2) is 30.8 Å². The number of phenols is 1. The van der Waals surface area contributed by atoms with E-state index in [4.69, 9.17) is 4.74 Å². The minimum absolute atomic E-state index is 0.0317. The molecule has 0 saturated carbocycles. The Morgan fingerprint density at radius 3 is 2.79 bits per heavy atom. The molecule has 2 atom stereocenters. The van der Waals surface area contributed by atoms with Gasteiger partial charge in [-0.25, -0.2) is 13.8 Å². The lowest BCUT2D eigenvalue weighted by molar-refractivity contribution is 0.0944. The molecular formula is C27H28F2N2O2. The Balaban J connectivity index is 1.78. The summed E-state index contributed by atoms with van der Waals surface area (Å²) in [5, 5.41) is 11.6. The van der Waals surface area contributed by atoms with Gasteiger partial charge in [0.2, 0.25) is 5.88 Å². The third kappa shape index (κ3) is 3.35. The van der Waals surface area contributed by atoms with Gasteiger partial charge in [-0.15, -0.1) is 0 Å². The van der Waals surface area contributed by atoms with Crippen LogP contribution in [-0.4, -0.2) is 33.7 Å². The first kappa shape index (κ1) is 21.7. The maximum atomic E-state index is 15.9. The number of fused-ring (bicyclic) bond motifs is 3. The van der Waals surface area contributed by atoms with Gasteiger partial charge in [0.05, 0.1) is 11.6 Å². The molecule has 172 valence electrons. The van der Waals surface area contributed by atoms with Crippen molar-refractivity contribution in [2.75, 3.05) is 6.54 Å². The molecule has 5 rings (SSSR count). The van der Waals surface area contributed by atoms with E-state index in [0.29, 0.717) is 45.3 Å². The molecule has 1 aromatic heterocycles. The summed E-state index contributed by atoms with van der Waals surface area (Å²) in [6, 6.07) is 6.15. The van der Waals surface area contributed by atoms with Gasteiger partial charge < -0.3 is 14.7 Å². The van der Waals surface area contributed by atoms with E-state index in [1.165, 1.54) is 12.1 Å². The van der Waals surface area contributed by atoms with E-state index in [1.54, 1.807) is 19.1 Å². The van der Waals surface area contributed by atoms with Gasteiger partial charge in [0.15, 0.2) is 5.82 Å². The predicted octanol–water partition coefficient (Wildman–Crippen LogP) is 6.36. The summed E-state index contributed by atoms with van der Waals surface area (Å²) < 4.78 is 36.9. The predicted molar refractivity (Wildman–Crippen MR) is 126 cm³/mol. The lowest BCUT2D eigenvalue weighted by Gasteiger charge is -2.39. The summed E-state index contributed by atoms with van der Waals surface area (Å²) in [5.41, 5.74) is 2.58. The van der Waals surface area contributed by atoms with Crippen LogP contribution < -0.4 is 4.74 Å². The lowest BCUT2D eigenvalue weighted by atomic mass is 9.93. The quantitative estimate of drug-likeness (QED) is 0.493. The number of hydrogen-bond donors (Lipinski definition) is 1. The Hall–Kier alpha value is -3.15. The van der Waals surface area contributed by atoms with E-state index in [-0.39, 0.29) is 29.4 Å². The van der Waals surface area contributed by atoms with Crippen LogP contribution in [-0.2, 0) is 6.42 Å². The monoisotopic (exact) mass is 450 g/mol. The van der Waals surface area contributed by atoms with Gasteiger partial charge in [0.1, 0.15) is 23.4 Å². The second-order valence-electron chi connectivity index (χ2n) is 9.08. The maximum Gasteiger partial charge on any atom is 0.224 e. The molecule has 33 heavy (non-hydrogen) atoms. The van der Waals surface area contributed by atoms with E-state index in [9.17, 15) is 9.50 Å². The molecule has 3 heterocycles. The van der Waals surface area contributed by atoms with Gasteiger partial charge in [-0.3, -0.25) is 0 Å². The molecule has 0 spiro atoms. The lowest BCUT2D eigenvalue weighted by Crippen LogP contribution is -2.45. The number of hydrogen-bond acceptors (Lipinski definition) is 4. The normalized spacial score (nSPS) is 20.3. The summed E-state index contributed by atoms with van der Waals surface area (Å²) in [4.78, 5) is 6.86. The zero-order valence-electron chi connectivity index (χ0n) is 19.2. The van der Waals surface area contributed by atoms with Crippen LogP contribution in [0.4, 0.5) is 8.78 Å². The highest BCUT2D eigenvalue weighted by Gasteiger charge is 2.36. The number of aryl methyl sites for hydroxylation is 1. The smallest absolute Gasteiger partial charge is 0.224 e. The van der Waals surface area contributed by atoms with Gasteiger partial charge in [0, 0.05) is 23.4 Å². The molecule has 0 radical (unpaired) electrons. The molecule has 3 aromatic rings. The van der Waals surface area contributed by atoms with Crippen LogP contribution in [0.3, 0.4) is 0 Å².